The fraction of sp³-hybridized carbons (Fsp3) is 0.353. The highest BCUT2D eigenvalue weighted by atomic mass is 16.6. The third kappa shape index (κ3) is 4.67. The third-order valence-electron chi connectivity index (χ3n) is 3.22. The van der Waals surface area contributed by atoms with E-state index in [-0.39, 0.29) is 0 Å². The maximum atomic E-state index is 12.0. The Bertz CT molecular complexity index is 717. The van der Waals surface area contributed by atoms with Crippen LogP contribution in [-0.4, -0.2) is 23.2 Å². The maximum absolute atomic E-state index is 12.0. The Labute approximate surface area is 134 Å². The van der Waals surface area contributed by atoms with Crippen LogP contribution < -0.4 is 5.32 Å². The van der Waals surface area contributed by atoms with Crippen LogP contribution in [0.1, 0.15) is 32.4 Å². The summed E-state index contributed by atoms with van der Waals surface area (Å²) in [5, 5.41) is 15.4. The molecule has 0 heterocycles. The van der Waals surface area contributed by atoms with E-state index in [1.54, 1.807) is 26.8 Å². The second kappa shape index (κ2) is 6.64. The Morgan fingerprint density at radius 2 is 1.87 bits per heavy atom. The van der Waals surface area contributed by atoms with E-state index in [0.717, 1.165) is 10.8 Å². The minimum absolute atomic E-state index is 0.409. The van der Waals surface area contributed by atoms with Crippen LogP contribution in [0.4, 0.5) is 4.79 Å². The second-order valence-electron chi connectivity index (χ2n) is 6.28. The summed E-state index contributed by atoms with van der Waals surface area (Å²) in [4.78, 5) is 22.6. The van der Waals surface area contributed by atoms with E-state index >= 15 is 0 Å². The summed E-state index contributed by atoms with van der Waals surface area (Å²) in [6.45, 7) is 4.82. The van der Waals surface area contributed by atoms with Crippen molar-refractivity contribution in [1.29, 1.82) is 0 Å². The first-order valence-electron chi connectivity index (χ1n) is 7.35. The fourth-order valence-electron chi connectivity index (χ4n) is 2.37. The third-order valence-corrected chi connectivity index (χ3v) is 3.22. The van der Waals surface area contributed by atoms with Crippen molar-refractivity contribution < 1.29 is 14.5 Å². The van der Waals surface area contributed by atoms with Gasteiger partial charge in [0, 0.05) is 4.92 Å². The standard InChI is InChI=1S/C17H20N2O4/c1-17(2,3)23-16(20)18-15(11-19(21)22)14-10-6-8-12-7-4-5-9-13(12)14/h4-10,15H,11H2,1-3H3,(H,18,20)/t15-/m0/s1. The number of alkyl carbamates (subject to hydrolysis) is 1. The molecule has 1 atom stereocenters. The first-order chi connectivity index (χ1) is 10.8. The number of ether oxygens (including phenoxy) is 1. The quantitative estimate of drug-likeness (QED) is 0.689. The molecule has 0 aliphatic heterocycles. The predicted molar refractivity (Wildman–Crippen MR) is 87.9 cm³/mol. The van der Waals surface area contributed by atoms with Crippen molar-refractivity contribution in [3.05, 3.63) is 58.1 Å². The van der Waals surface area contributed by atoms with E-state index in [1.807, 2.05) is 36.4 Å². The van der Waals surface area contributed by atoms with Crippen molar-refractivity contribution in [2.45, 2.75) is 32.4 Å². The van der Waals surface area contributed by atoms with Gasteiger partial charge in [-0.05, 0) is 37.1 Å². The van der Waals surface area contributed by atoms with Gasteiger partial charge in [0.15, 0.2) is 0 Å². The van der Waals surface area contributed by atoms with Crippen LogP contribution in [0.5, 0.6) is 0 Å². The zero-order valence-electron chi connectivity index (χ0n) is 13.4. The van der Waals surface area contributed by atoms with Gasteiger partial charge in [-0.1, -0.05) is 42.5 Å². The lowest BCUT2D eigenvalue weighted by Crippen LogP contribution is -2.37. The van der Waals surface area contributed by atoms with Crippen LogP contribution in [0.25, 0.3) is 10.8 Å². The lowest BCUT2D eigenvalue weighted by atomic mass is 9.99. The molecule has 122 valence electrons. The number of rotatable bonds is 4. The van der Waals surface area contributed by atoms with E-state index in [0.29, 0.717) is 5.56 Å². The predicted octanol–water partition coefficient (Wildman–Crippen LogP) is 3.68. The van der Waals surface area contributed by atoms with E-state index < -0.39 is 29.2 Å². The van der Waals surface area contributed by atoms with Crippen LogP contribution in [0.15, 0.2) is 42.5 Å². The Kier molecular flexibility index (Phi) is 4.83. The molecule has 2 aromatic rings. The lowest BCUT2D eigenvalue weighted by Gasteiger charge is -2.23. The Morgan fingerprint density at radius 1 is 1.22 bits per heavy atom. The minimum Gasteiger partial charge on any atom is -0.444 e. The number of hydrogen-bond donors (Lipinski definition) is 1. The molecule has 23 heavy (non-hydrogen) atoms. The summed E-state index contributed by atoms with van der Waals surface area (Å²) in [5.41, 5.74) is 0.0350. The Morgan fingerprint density at radius 3 is 2.52 bits per heavy atom. The summed E-state index contributed by atoms with van der Waals surface area (Å²) in [7, 11) is 0. The van der Waals surface area contributed by atoms with Gasteiger partial charge in [-0.15, -0.1) is 0 Å². The van der Waals surface area contributed by atoms with Crippen molar-refractivity contribution >= 4 is 16.9 Å². The first kappa shape index (κ1) is 16.7. The van der Waals surface area contributed by atoms with E-state index in [2.05, 4.69) is 5.32 Å². The van der Waals surface area contributed by atoms with Gasteiger partial charge in [0.2, 0.25) is 6.54 Å². The van der Waals surface area contributed by atoms with E-state index in [9.17, 15) is 14.9 Å². The van der Waals surface area contributed by atoms with Crippen LogP contribution in [0.3, 0.4) is 0 Å². The first-order valence-corrected chi connectivity index (χ1v) is 7.35. The molecule has 0 aliphatic rings. The van der Waals surface area contributed by atoms with Crippen molar-refractivity contribution in [3.63, 3.8) is 0 Å². The van der Waals surface area contributed by atoms with E-state index in [1.165, 1.54) is 0 Å². The number of fused-ring (bicyclic) bond motifs is 1. The number of nitro groups is 1. The lowest BCUT2D eigenvalue weighted by molar-refractivity contribution is -0.484. The summed E-state index contributed by atoms with van der Waals surface area (Å²) >= 11 is 0. The number of carbonyl (C=O) groups is 1. The summed E-state index contributed by atoms with van der Waals surface area (Å²) in [6, 6.07) is 12.3. The topological polar surface area (TPSA) is 81.5 Å². The number of hydrogen-bond acceptors (Lipinski definition) is 4. The van der Waals surface area contributed by atoms with Crippen molar-refractivity contribution in [2.24, 2.45) is 0 Å². The zero-order valence-corrected chi connectivity index (χ0v) is 13.4. The van der Waals surface area contributed by atoms with Gasteiger partial charge in [-0.3, -0.25) is 10.1 Å². The molecule has 6 nitrogen and oxygen atoms in total. The van der Waals surface area contributed by atoms with Crippen molar-refractivity contribution in [1.82, 2.24) is 5.32 Å². The van der Waals surface area contributed by atoms with Crippen LogP contribution in [0.2, 0.25) is 0 Å². The smallest absolute Gasteiger partial charge is 0.408 e. The molecule has 1 amide bonds. The fourth-order valence-corrected chi connectivity index (χ4v) is 2.37. The molecule has 6 heteroatoms. The number of amides is 1. The molecule has 0 radical (unpaired) electrons. The Balaban J connectivity index is 2.34. The largest absolute Gasteiger partial charge is 0.444 e. The van der Waals surface area contributed by atoms with Crippen LogP contribution in [-0.2, 0) is 4.74 Å². The zero-order chi connectivity index (χ0) is 17.0. The number of nitrogens with zero attached hydrogens (tertiary/aromatic N) is 1. The summed E-state index contributed by atoms with van der Waals surface area (Å²) in [6.07, 6.45) is -0.669. The maximum Gasteiger partial charge on any atom is 0.408 e. The molecular formula is C17H20N2O4. The highest BCUT2D eigenvalue weighted by Crippen LogP contribution is 2.25. The van der Waals surface area contributed by atoms with Crippen LogP contribution in [0, 0.1) is 10.1 Å². The minimum atomic E-state index is -0.758. The number of benzene rings is 2. The molecule has 0 fully saturated rings. The van der Waals surface area contributed by atoms with Crippen molar-refractivity contribution in [3.8, 4) is 0 Å². The second-order valence-corrected chi connectivity index (χ2v) is 6.28. The number of carbonyl (C=O) groups excluding carboxylic acids is 1. The SMILES string of the molecule is CC(C)(C)OC(=O)N[C@@H](C[N+](=O)[O-])c1cccc2ccccc12. The molecule has 0 aliphatic carbocycles. The molecule has 2 rings (SSSR count). The molecule has 0 unspecified atom stereocenters. The molecular weight excluding hydrogens is 296 g/mol. The monoisotopic (exact) mass is 316 g/mol. The molecule has 2 aromatic carbocycles. The van der Waals surface area contributed by atoms with Gasteiger partial charge in [0.1, 0.15) is 11.6 Å². The Hall–Kier alpha value is -2.63. The molecule has 0 saturated carbocycles. The highest BCUT2D eigenvalue weighted by Gasteiger charge is 2.25. The van der Waals surface area contributed by atoms with Crippen LogP contribution >= 0.6 is 0 Å². The van der Waals surface area contributed by atoms with Gasteiger partial charge < -0.3 is 10.1 Å². The number of nitrogens with one attached hydrogen (secondary N) is 1. The average Bonchev–Trinajstić information content (AvgIpc) is 2.43. The molecule has 0 aromatic heterocycles. The molecule has 0 saturated heterocycles. The molecule has 0 bridgehead atoms. The van der Waals surface area contributed by atoms with Gasteiger partial charge in [-0.25, -0.2) is 4.79 Å². The molecule has 0 spiro atoms. The van der Waals surface area contributed by atoms with Gasteiger partial charge in [0.05, 0.1) is 0 Å². The van der Waals surface area contributed by atoms with Gasteiger partial charge in [0.25, 0.3) is 0 Å². The highest BCUT2D eigenvalue weighted by molar-refractivity contribution is 5.86. The average molecular weight is 316 g/mol. The van der Waals surface area contributed by atoms with Crippen molar-refractivity contribution in [2.75, 3.05) is 6.54 Å². The van der Waals surface area contributed by atoms with E-state index in [4.69, 9.17) is 4.74 Å². The summed E-state index contributed by atoms with van der Waals surface area (Å²) < 4.78 is 5.21. The molecule has 1 N–H and O–H groups in total. The van der Waals surface area contributed by atoms with Gasteiger partial charge in [-0.2, -0.15) is 0 Å². The van der Waals surface area contributed by atoms with Gasteiger partial charge >= 0.3 is 6.09 Å². The normalized spacial score (nSPS) is 12.7. The summed E-state index contributed by atoms with van der Waals surface area (Å²) in [5.74, 6) is 0.